The number of carbonyl (C=O) groups is 2. The molecule has 138 valence electrons. The molecule has 3 amide bonds. The van der Waals surface area contributed by atoms with Crippen LogP contribution in [0.25, 0.3) is 5.69 Å². The molecule has 0 aliphatic rings. The molecule has 0 atom stereocenters. The predicted octanol–water partition coefficient (Wildman–Crippen LogP) is 2.48. The van der Waals surface area contributed by atoms with Crippen molar-refractivity contribution in [3.05, 3.63) is 78.4 Å². The lowest BCUT2D eigenvalue weighted by molar-refractivity contribution is -0.119. The number of nitrogens with zero attached hydrogens (tertiary/aromatic N) is 2. The van der Waals surface area contributed by atoms with Gasteiger partial charge >= 0.3 is 6.03 Å². The molecule has 0 saturated heterocycles. The van der Waals surface area contributed by atoms with E-state index >= 15 is 0 Å². The molecule has 27 heavy (non-hydrogen) atoms. The smallest absolute Gasteiger partial charge is 0.319 e. The normalized spacial score (nSPS) is 10.3. The number of rotatable bonds is 6. The van der Waals surface area contributed by atoms with E-state index in [1.807, 2.05) is 47.2 Å². The Hall–Kier alpha value is -3.61. The number of urea groups is 1. The minimum atomic E-state index is -0.297. The molecule has 0 radical (unpaired) electrons. The number of benzene rings is 2. The summed E-state index contributed by atoms with van der Waals surface area (Å²) in [5, 5.41) is 8.23. The molecule has 1 aromatic heterocycles. The Balaban J connectivity index is 1.57. The molecule has 2 aromatic carbocycles. The Bertz CT molecular complexity index is 904. The van der Waals surface area contributed by atoms with Crippen LogP contribution in [-0.4, -0.2) is 28.5 Å². The summed E-state index contributed by atoms with van der Waals surface area (Å²) >= 11 is 0. The number of hydrogen-bond acceptors (Lipinski definition) is 3. The van der Waals surface area contributed by atoms with Gasteiger partial charge < -0.3 is 20.5 Å². The number of carbonyl (C=O) groups excluding carboxylic acids is 2. The molecule has 0 fully saturated rings. The van der Waals surface area contributed by atoms with Crippen LogP contribution in [-0.2, 0) is 17.8 Å². The second-order valence-electron chi connectivity index (χ2n) is 5.95. The first-order chi connectivity index (χ1) is 13.2. The molecule has 0 unspecified atom stereocenters. The lowest BCUT2D eigenvalue weighted by atomic mass is 10.1. The van der Waals surface area contributed by atoms with Gasteiger partial charge in [-0.1, -0.05) is 30.3 Å². The first-order valence-corrected chi connectivity index (χ1v) is 8.56. The summed E-state index contributed by atoms with van der Waals surface area (Å²) in [6.07, 6.45) is 5.61. The second kappa shape index (κ2) is 8.66. The van der Waals surface area contributed by atoms with E-state index in [9.17, 15) is 9.59 Å². The molecule has 3 aromatic rings. The van der Waals surface area contributed by atoms with E-state index in [1.54, 1.807) is 31.7 Å². The predicted molar refractivity (Wildman–Crippen MR) is 104 cm³/mol. The Morgan fingerprint density at radius 2 is 1.85 bits per heavy atom. The number of likely N-dealkylation sites (N-methyl/N-ethyl adjacent to an activating group) is 1. The van der Waals surface area contributed by atoms with E-state index in [0.717, 1.165) is 16.8 Å². The zero-order valence-corrected chi connectivity index (χ0v) is 15.0. The number of hydrogen-bond donors (Lipinski definition) is 3. The van der Waals surface area contributed by atoms with Gasteiger partial charge in [0, 0.05) is 31.7 Å². The van der Waals surface area contributed by atoms with Crippen LogP contribution in [0.1, 0.15) is 11.1 Å². The molecular formula is C20H21N5O2. The molecule has 3 N–H and O–H groups in total. The zero-order valence-electron chi connectivity index (χ0n) is 15.0. The third-order valence-electron chi connectivity index (χ3n) is 4.07. The van der Waals surface area contributed by atoms with Crippen LogP contribution in [0.2, 0.25) is 0 Å². The van der Waals surface area contributed by atoms with Crippen LogP contribution in [0.5, 0.6) is 0 Å². The number of nitrogens with one attached hydrogen (secondary N) is 3. The summed E-state index contributed by atoms with van der Waals surface area (Å²) in [6.45, 7) is 0.384. The number of anilines is 1. The monoisotopic (exact) mass is 363 g/mol. The van der Waals surface area contributed by atoms with Gasteiger partial charge in [-0.3, -0.25) is 4.79 Å². The van der Waals surface area contributed by atoms with Gasteiger partial charge in [-0.15, -0.1) is 0 Å². The lowest BCUT2D eigenvalue weighted by Gasteiger charge is -2.12. The first kappa shape index (κ1) is 18.2. The first-order valence-electron chi connectivity index (χ1n) is 8.56. The fourth-order valence-electron chi connectivity index (χ4n) is 2.64. The summed E-state index contributed by atoms with van der Waals surface area (Å²) in [4.78, 5) is 27.6. The van der Waals surface area contributed by atoms with Crippen molar-refractivity contribution in [2.24, 2.45) is 0 Å². The van der Waals surface area contributed by atoms with Crippen molar-refractivity contribution in [2.75, 3.05) is 12.4 Å². The van der Waals surface area contributed by atoms with Crippen LogP contribution in [0.4, 0.5) is 10.5 Å². The Labute approximate surface area is 157 Å². The zero-order chi connectivity index (χ0) is 19.1. The van der Waals surface area contributed by atoms with E-state index in [2.05, 4.69) is 20.9 Å². The fraction of sp³-hybridized carbons (Fsp3) is 0.150. The lowest BCUT2D eigenvalue weighted by Crippen LogP contribution is -2.28. The molecule has 7 nitrogen and oxygen atoms in total. The number of para-hydroxylation sites is 1. The summed E-state index contributed by atoms with van der Waals surface area (Å²) < 4.78 is 1.90. The van der Waals surface area contributed by atoms with E-state index in [1.165, 1.54) is 0 Å². The summed E-state index contributed by atoms with van der Waals surface area (Å²) in [7, 11) is 1.60. The minimum Gasteiger partial charge on any atom is -0.359 e. The van der Waals surface area contributed by atoms with Crippen LogP contribution < -0.4 is 16.0 Å². The molecule has 0 saturated carbocycles. The van der Waals surface area contributed by atoms with Crippen molar-refractivity contribution >= 4 is 17.6 Å². The van der Waals surface area contributed by atoms with Crippen LogP contribution in [0.3, 0.4) is 0 Å². The highest BCUT2D eigenvalue weighted by molar-refractivity contribution is 5.89. The van der Waals surface area contributed by atoms with Gasteiger partial charge in [-0.25, -0.2) is 9.78 Å². The number of imidazole rings is 1. The van der Waals surface area contributed by atoms with E-state index in [0.29, 0.717) is 18.7 Å². The average molecular weight is 363 g/mol. The highest BCUT2D eigenvalue weighted by Crippen LogP contribution is 2.14. The van der Waals surface area contributed by atoms with Crippen molar-refractivity contribution in [1.82, 2.24) is 20.2 Å². The average Bonchev–Trinajstić information content (AvgIpc) is 3.22. The maximum atomic E-state index is 12.2. The standard InChI is InChI=1S/C20H21N5O2/c1-21-19(26)12-15-6-8-17(9-7-15)24-20(27)23-13-16-4-2-3-5-18(16)25-11-10-22-14-25/h2-11,14H,12-13H2,1H3,(H,21,26)(H2,23,24,27). The SMILES string of the molecule is CNC(=O)Cc1ccc(NC(=O)NCc2ccccc2-n2ccnc2)cc1. The van der Waals surface area contributed by atoms with Crippen molar-refractivity contribution < 1.29 is 9.59 Å². The summed E-state index contributed by atoms with van der Waals surface area (Å²) in [6, 6.07) is 14.7. The van der Waals surface area contributed by atoms with Gasteiger partial charge in [0.25, 0.3) is 0 Å². The van der Waals surface area contributed by atoms with Gasteiger partial charge in [0.15, 0.2) is 0 Å². The number of aromatic nitrogens is 2. The number of amides is 3. The quantitative estimate of drug-likeness (QED) is 0.629. The van der Waals surface area contributed by atoms with Crippen LogP contribution >= 0.6 is 0 Å². The Morgan fingerprint density at radius 3 is 2.56 bits per heavy atom. The second-order valence-corrected chi connectivity index (χ2v) is 5.95. The minimum absolute atomic E-state index is 0.0509. The van der Waals surface area contributed by atoms with Crippen molar-refractivity contribution in [3.63, 3.8) is 0 Å². The highest BCUT2D eigenvalue weighted by Gasteiger charge is 2.07. The summed E-state index contributed by atoms with van der Waals surface area (Å²) in [5.41, 5.74) is 3.49. The Morgan fingerprint density at radius 1 is 1.07 bits per heavy atom. The topological polar surface area (TPSA) is 88.0 Å². The maximum Gasteiger partial charge on any atom is 0.319 e. The van der Waals surface area contributed by atoms with E-state index in [-0.39, 0.29) is 11.9 Å². The molecular weight excluding hydrogens is 342 g/mol. The van der Waals surface area contributed by atoms with Crippen molar-refractivity contribution in [1.29, 1.82) is 0 Å². The van der Waals surface area contributed by atoms with Crippen LogP contribution in [0.15, 0.2) is 67.3 Å². The van der Waals surface area contributed by atoms with E-state index < -0.39 is 0 Å². The van der Waals surface area contributed by atoms with Gasteiger partial charge in [-0.05, 0) is 29.3 Å². The highest BCUT2D eigenvalue weighted by atomic mass is 16.2. The Kier molecular flexibility index (Phi) is 5.84. The van der Waals surface area contributed by atoms with Crippen molar-refractivity contribution in [3.8, 4) is 5.69 Å². The molecule has 3 rings (SSSR count). The van der Waals surface area contributed by atoms with Crippen molar-refractivity contribution in [2.45, 2.75) is 13.0 Å². The van der Waals surface area contributed by atoms with Gasteiger partial charge in [-0.2, -0.15) is 0 Å². The molecule has 0 aliphatic heterocycles. The largest absolute Gasteiger partial charge is 0.359 e. The summed E-state index contributed by atoms with van der Waals surface area (Å²) in [5.74, 6) is -0.0509. The molecule has 0 aliphatic carbocycles. The van der Waals surface area contributed by atoms with Gasteiger partial charge in [0.2, 0.25) is 5.91 Å². The molecule has 0 bridgehead atoms. The molecule has 7 heteroatoms. The molecule has 0 spiro atoms. The van der Waals surface area contributed by atoms with Crippen LogP contribution in [0, 0.1) is 0 Å². The fourth-order valence-corrected chi connectivity index (χ4v) is 2.64. The maximum absolute atomic E-state index is 12.2. The van der Waals surface area contributed by atoms with Gasteiger partial charge in [0.1, 0.15) is 0 Å². The third-order valence-corrected chi connectivity index (χ3v) is 4.07. The molecule has 1 heterocycles. The van der Waals surface area contributed by atoms with Gasteiger partial charge in [0.05, 0.1) is 18.4 Å². The van der Waals surface area contributed by atoms with E-state index in [4.69, 9.17) is 0 Å². The third kappa shape index (κ3) is 4.94.